The number of fused-ring (bicyclic) bond motifs is 1. The van der Waals surface area contributed by atoms with Gasteiger partial charge in [0.15, 0.2) is 0 Å². The number of imidazole rings is 1. The van der Waals surface area contributed by atoms with Crippen molar-refractivity contribution in [2.24, 2.45) is 5.73 Å². The van der Waals surface area contributed by atoms with Crippen LogP contribution >= 0.6 is 0 Å². The number of aromatic nitrogens is 2. The minimum Gasteiger partial charge on any atom is -0.329 e. The van der Waals surface area contributed by atoms with Gasteiger partial charge in [0.05, 0.1) is 5.69 Å². The fourth-order valence-electron chi connectivity index (χ4n) is 2.81. The highest BCUT2D eigenvalue weighted by atomic mass is 15.1. The molecule has 3 nitrogen and oxygen atoms in total. The van der Waals surface area contributed by atoms with Crippen LogP contribution in [0.25, 0.3) is 0 Å². The topological polar surface area (TPSA) is 43.8 Å². The lowest BCUT2D eigenvalue weighted by atomic mass is 10.0. The van der Waals surface area contributed by atoms with Crippen LogP contribution in [0.15, 0.2) is 0 Å². The van der Waals surface area contributed by atoms with E-state index in [1.807, 2.05) is 0 Å². The van der Waals surface area contributed by atoms with Gasteiger partial charge < -0.3 is 10.3 Å². The van der Waals surface area contributed by atoms with E-state index in [0.717, 1.165) is 12.5 Å². The minimum absolute atomic E-state index is 0.223. The Bertz CT molecular complexity index is 388. The smallest absolute Gasteiger partial charge is 0.110 e. The predicted molar refractivity (Wildman–Crippen MR) is 64.5 cm³/mol. The van der Waals surface area contributed by atoms with Gasteiger partial charge in [0.2, 0.25) is 0 Å². The van der Waals surface area contributed by atoms with E-state index in [4.69, 9.17) is 10.7 Å². The van der Waals surface area contributed by atoms with Crippen LogP contribution in [0, 0.1) is 0 Å². The number of hydrogen-bond acceptors (Lipinski definition) is 2. The molecular weight excluding hydrogens is 198 g/mol. The first-order valence-corrected chi connectivity index (χ1v) is 6.60. The molecule has 0 bridgehead atoms. The van der Waals surface area contributed by atoms with E-state index < -0.39 is 0 Å². The van der Waals surface area contributed by atoms with Crippen LogP contribution in [0.2, 0.25) is 0 Å². The molecule has 16 heavy (non-hydrogen) atoms. The second kappa shape index (κ2) is 3.88. The lowest BCUT2D eigenvalue weighted by molar-refractivity contribution is 0.586. The zero-order valence-corrected chi connectivity index (χ0v) is 10.1. The Hall–Kier alpha value is -0.830. The van der Waals surface area contributed by atoms with Gasteiger partial charge in [0.25, 0.3) is 0 Å². The van der Waals surface area contributed by atoms with E-state index in [0.29, 0.717) is 0 Å². The van der Waals surface area contributed by atoms with E-state index in [1.54, 1.807) is 0 Å². The van der Waals surface area contributed by atoms with Gasteiger partial charge in [-0.25, -0.2) is 4.98 Å². The predicted octanol–water partition coefficient (Wildman–Crippen LogP) is 1.99. The maximum atomic E-state index is 5.92. The van der Waals surface area contributed by atoms with E-state index in [2.05, 4.69) is 11.5 Å². The first-order chi connectivity index (χ1) is 7.75. The van der Waals surface area contributed by atoms with Crippen molar-refractivity contribution in [3.05, 3.63) is 17.2 Å². The lowest BCUT2D eigenvalue weighted by Gasteiger charge is -2.15. The summed E-state index contributed by atoms with van der Waals surface area (Å²) in [5, 5.41) is 0. The van der Waals surface area contributed by atoms with Gasteiger partial charge in [-0.15, -0.1) is 0 Å². The normalized spacial score (nSPS) is 21.9. The largest absolute Gasteiger partial charge is 0.329 e. The van der Waals surface area contributed by atoms with Crippen LogP contribution in [0.5, 0.6) is 0 Å². The SMILES string of the molecule is CC(N)Cc1nc2c(n1C1CC1)CCCC2. The van der Waals surface area contributed by atoms with Gasteiger partial charge in [0, 0.05) is 24.2 Å². The number of rotatable bonds is 3. The Labute approximate surface area is 97.0 Å². The molecule has 0 aromatic carbocycles. The zero-order valence-electron chi connectivity index (χ0n) is 10.1. The Morgan fingerprint density at radius 1 is 1.38 bits per heavy atom. The van der Waals surface area contributed by atoms with Gasteiger partial charge in [0.1, 0.15) is 5.82 Å². The van der Waals surface area contributed by atoms with Gasteiger partial charge >= 0.3 is 0 Å². The molecule has 1 aromatic heterocycles. The minimum atomic E-state index is 0.223. The summed E-state index contributed by atoms with van der Waals surface area (Å²) in [6.45, 7) is 2.07. The Balaban J connectivity index is 1.98. The highest BCUT2D eigenvalue weighted by molar-refractivity contribution is 5.23. The maximum Gasteiger partial charge on any atom is 0.110 e. The molecule has 1 heterocycles. The summed E-state index contributed by atoms with van der Waals surface area (Å²) in [6.07, 6.45) is 8.68. The van der Waals surface area contributed by atoms with Crippen molar-refractivity contribution in [2.75, 3.05) is 0 Å². The van der Waals surface area contributed by atoms with Crippen molar-refractivity contribution in [1.29, 1.82) is 0 Å². The summed E-state index contributed by atoms with van der Waals surface area (Å²) in [6, 6.07) is 0.976. The van der Waals surface area contributed by atoms with Crippen LogP contribution in [-0.2, 0) is 19.3 Å². The maximum absolute atomic E-state index is 5.92. The molecule has 3 rings (SSSR count). The summed E-state index contributed by atoms with van der Waals surface area (Å²) < 4.78 is 2.53. The van der Waals surface area contributed by atoms with Gasteiger partial charge in [-0.3, -0.25) is 0 Å². The van der Waals surface area contributed by atoms with Crippen LogP contribution < -0.4 is 5.73 Å². The second-order valence-electron chi connectivity index (χ2n) is 5.41. The summed E-state index contributed by atoms with van der Waals surface area (Å²) in [5.74, 6) is 1.25. The van der Waals surface area contributed by atoms with E-state index in [-0.39, 0.29) is 6.04 Å². The van der Waals surface area contributed by atoms with E-state index >= 15 is 0 Å². The summed E-state index contributed by atoms with van der Waals surface area (Å²) in [4.78, 5) is 4.84. The number of hydrogen-bond donors (Lipinski definition) is 1. The molecule has 2 N–H and O–H groups in total. The quantitative estimate of drug-likeness (QED) is 0.845. The van der Waals surface area contributed by atoms with Gasteiger partial charge in [-0.05, 0) is 45.4 Å². The van der Waals surface area contributed by atoms with Crippen molar-refractivity contribution in [3.63, 3.8) is 0 Å². The molecule has 2 aliphatic carbocycles. The number of nitrogens with two attached hydrogens (primary N) is 1. The molecule has 0 aliphatic heterocycles. The van der Waals surface area contributed by atoms with Crippen LogP contribution in [0.1, 0.15) is 55.9 Å². The Morgan fingerprint density at radius 3 is 2.81 bits per heavy atom. The van der Waals surface area contributed by atoms with Crippen molar-refractivity contribution >= 4 is 0 Å². The molecule has 1 atom stereocenters. The second-order valence-corrected chi connectivity index (χ2v) is 5.41. The molecule has 88 valence electrons. The highest BCUT2D eigenvalue weighted by Crippen LogP contribution is 2.39. The Morgan fingerprint density at radius 2 is 2.12 bits per heavy atom. The Kier molecular flexibility index (Phi) is 2.51. The number of nitrogens with zero attached hydrogens (tertiary/aromatic N) is 2. The average molecular weight is 219 g/mol. The third-order valence-corrected chi connectivity index (χ3v) is 3.66. The summed E-state index contributed by atoms with van der Waals surface area (Å²) in [5.41, 5.74) is 8.82. The monoisotopic (exact) mass is 219 g/mol. The van der Waals surface area contributed by atoms with Crippen molar-refractivity contribution < 1.29 is 0 Å². The molecule has 1 aromatic rings. The summed E-state index contributed by atoms with van der Waals surface area (Å²) in [7, 11) is 0. The van der Waals surface area contributed by atoms with Gasteiger partial charge in [-0.2, -0.15) is 0 Å². The van der Waals surface area contributed by atoms with Crippen molar-refractivity contribution in [1.82, 2.24) is 9.55 Å². The molecule has 0 spiro atoms. The van der Waals surface area contributed by atoms with Crippen LogP contribution in [-0.4, -0.2) is 15.6 Å². The third kappa shape index (κ3) is 1.77. The van der Waals surface area contributed by atoms with Crippen LogP contribution in [0.4, 0.5) is 0 Å². The summed E-state index contributed by atoms with van der Waals surface area (Å²) >= 11 is 0. The molecule has 1 saturated carbocycles. The average Bonchev–Trinajstić information content (AvgIpc) is 3.00. The number of aryl methyl sites for hydroxylation is 1. The lowest BCUT2D eigenvalue weighted by Crippen LogP contribution is -2.21. The molecule has 0 amide bonds. The van der Waals surface area contributed by atoms with Gasteiger partial charge in [-0.1, -0.05) is 0 Å². The van der Waals surface area contributed by atoms with E-state index in [9.17, 15) is 0 Å². The standard InChI is InChI=1S/C13H21N3/c1-9(14)8-13-15-11-4-2-3-5-12(11)16(13)10-6-7-10/h9-10H,2-8,14H2,1H3. The molecule has 0 radical (unpaired) electrons. The fraction of sp³-hybridized carbons (Fsp3) is 0.769. The van der Waals surface area contributed by atoms with E-state index in [1.165, 1.54) is 55.7 Å². The third-order valence-electron chi connectivity index (χ3n) is 3.66. The van der Waals surface area contributed by atoms with Crippen molar-refractivity contribution in [3.8, 4) is 0 Å². The first-order valence-electron chi connectivity index (χ1n) is 6.60. The molecule has 1 fully saturated rings. The molecule has 0 saturated heterocycles. The molecule has 2 aliphatic rings. The zero-order chi connectivity index (χ0) is 11.1. The van der Waals surface area contributed by atoms with Crippen molar-refractivity contribution in [2.45, 2.75) is 64.0 Å². The molecule has 3 heteroatoms. The first kappa shape index (κ1) is 10.3. The highest BCUT2D eigenvalue weighted by Gasteiger charge is 2.31. The fourth-order valence-corrected chi connectivity index (χ4v) is 2.81. The van der Waals surface area contributed by atoms with Crippen LogP contribution in [0.3, 0.4) is 0 Å². The molecular formula is C13H21N3. The molecule has 1 unspecified atom stereocenters.